The van der Waals surface area contributed by atoms with Gasteiger partial charge in [-0.1, -0.05) is 60.1 Å². The zero-order valence-electron chi connectivity index (χ0n) is 17.9. The maximum Gasteiger partial charge on any atom is 0.0752 e. The summed E-state index contributed by atoms with van der Waals surface area (Å²) in [5.41, 5.74) is -1.07. The van der Waals surface area contributed by atoms with Crippen LogP contribution in [0.25, 0.3) is 10.8 Å². The Kier molecular flexibility index (Phi) is 1.77. The third-order valence-electron chi connectivity index (χ3n) is 2.24. The third kappa shape index (κ3) is 3.09. The SMILES string of the molecule is [2H]/C(Cl)=C(/[2H])C([2H])([2H])N(C([2H])([2H])[2H])C([2H])([2H])c1cccc2ccccc12. The van der Waals surface area contributed by atoms with E-state index >= 15 is 0 Å². The molecule has 2 heteroatoms. The smallest absolute Gasteiger partial charge is 0.0752 e. The van der Waals surface area contributed by atoms with E-state index < -0.39 is 31.5 Å². The minimum absolute atomic E-state index is 0.0337. The van der Waals surface area contributed by atoms with Crippen LogP contribution in [0.3, 0.4) is 0 Å². The summed E-state index contributed by atoms with van der Waals surface area (Å²) in [6.45, 7) is -9.22. The highest BCUT2D eigenvalue weighted by atomic mass is 35.5. The molecule has 0 saturated carbocycles. The molecule has 0 unspecified atom stereocenters. The van der Waals surface area contributed by atoms with E-state index in [-0.39, 0.29) is 10.5 Å². The molecule has 0 saturated heterocycles. The largest absolute Gasteiger partial charge is 0.298 e. The molecular weight excluding hydrogens is 230 g/mol. The lowest BCUT2D eigenvalue weighted by Gasteiger charge is -2.15. The molecule has 0 atom stereocenters. The van der Waals surface area contributed by atoms with E-state index in [4.69, 9.17) is 23.9 Å². The molecule has 1 nitrogen and oxygen atoms in total. The van der Waals surface area contributed by atoms with Crippen molar-refractivity contribution in [3.05, 3.63) is 59.6 Å². The van der Waals surface area contributed by atoms with Crippen LogP contribution in [0.5, 0.6) is 0 Å². The maximum atomic E-state index is 8.43. The summed E-state index contributed by atoms with van der Waals surface area (Å²) in [5, 5.41) is 1.07. The zero-order chi connectivity index (χ0) is 19.9. The van der Waals surface area contributed by atoms with Crippen LogP contribution in [-0.4, -0.2) is 18.4 Å². The quantitative estimate of drug-likeness (QED) is 0.797. The molecule has 0 aromatic heterocycles. The Morgan fingerprint density at radius 2 is 2.18 bits per heavy atom. The summed E-state index contributed by atoms with van der Waals surface area (Å²) in [6, 6.07) is 10.2. The minimum Gasteiger partial charge on any atom is -0.298 e. The van der Waals surface area contributed by atoms with Crippen LogP contribution in [0.15, 0.2) is 54.0 Å². The normalized spacial score (nSPS) is 23.1. The second kappa shape index (κ2) is 5.85. The van der Waals surface area contributed by atoms with Gasteiger partial charge in [0.05, 0.1) is 2.74 Å². The highest BCUT2D eigenvalue weighted by Gasteiger charge is 2.02. The van der Waals surface area contributed by atoms with Gasteiger partial charge in [0.1, 0.15) is 0 Å². The van der Waals surface area contributed by atoms with E-state index in [1.807, 2.05) is 0 Å². The first-order valence-corrected chi connectivity index (χ1v) is 5.31. The van der Waals surface area contributed by atoms with Crippen molar-refractivity contribution in [1.29, 1.82) is 0 Å². The molecule has 0 aliphatic carbocycles. The number of benzene rings is 2. The minimum atomic E-state index is -3.25. The fourth-order valence-corrected chi connectivity index (χ4v) is 1.59. The third-order valence-corrected chi connectivity index (χ3v) is 2.33. The van der Waals surface area contributed by atoms with Gasteiger partial charge < -0.3 is 0 Å². The van der Waals surface area contributed by atoms with Gasteiger partial charge in [-0.15, -0.1) is 0 Å². The average molecular weight is 255 g/mol. The van der Waals surface area contributed by atoms with Gasteiger partial charge in [-0.3, -0.25) is 4.90 Å². The van der Waals surface area contributed by atoms with E-state index in [0.717, 1.165) is 0 Å². The summed E-state index contributed by atoms with van der Waals surface area (Å²) in [7, 11) is 0. The molecule has 0 N–H and O–H groups in total. The molecule has 17 heavy (non-hydrogen) atoms. The monoisotopic (exact) mass is 254 g/mol. The summed E-state index contributed by atoms with van der Waals surface area (Å²) in [5.74, 6) is 0. The standard InChI is InChI=1S/C15H16ClN/c1-17(11-5-10-16)12-14-8-4-7-13-6-2-3-9-15(13)14/h2-10H,11-12H2,1H3/b10-5+/i1D3,5D,10D,11D2,12D2. The van der Waals surface area contributed by atoms with Crippen molar-refractivity contribution in [2.45, 2.75) is 6.50 Å². The average Bonchev–Trinajstić information content (AvgIpc) is 2.51. The fraction of sp³-hybridized carbons (Fsp3) is 0.200. The van der Waals surface area contributed by atoms with Gasteiger partial charge >= 0.3 is 0 Å². The van der Waals surface area contributed by atoms with Gasteiger partial charge in [0.2, 0.25) is 0 Å². The Morgan fingerprint density at radius 3 is 3.00 bits per heavy atom. The lowest BCUT2D eigenvalue weighted by Crippen LogP contribution is -2.17. The maximum absolute atomic E-state index is 8.43. The van der Waals surface area contributed by atoms with Crippen molar-refractivity contribution in [3.8, 4) is 0 Å². The Bertz CT molecular complexity index is 835. The van der Waals surface area contributed by atoms with Gasteiger partial charge in [0, 0.05) is 28.1 Å². The number of hydrogen-bond donors (Lipinski definition) is 0. The van der Waals surface area contributed by atoms with Crippen molar-refractivity contribution in [1.82, 2.24) is 4.90 Å². The number of nitrogens with zero attached hydrogens (tertiary/aromatic N) is 1. The first-order valence-electron chi connectivity index (χ1n) is 9.43. The highest BCUT2D eigenvalue weighted by Crippen LogP contribution is 2.19. The van der Waals surface area contributed by atoms with Crippen molar-refractivity contribution in [2.24, 2.45) is 0 Å². The topological polar surface area (TPSA) is 3.24 Å². The molecule has 0 heterocycles. The number of rotatable bonds is 4. The van der Waals surface area contributed by atoms with Gasteiger partial charge in [-0.05, 0) is 23.3 Å². The predicted molar refractivity (Wildman–Crippen MR) is 75.3 cm³/mol. The summed E-state index contributed by atoms with van der Waals surface area (Å²) in [4.78, 5) is -0.0337. The van der Waals surface area contributed by atoms with Crippen LogP contribution in [0.2, 0.25) is 0 Å². The molecule has 0 fully saturated rings. The number of fused-ring (bicyclic) bond motifs is 1. The molecule has 0 bridgehead atoms. The van der Waals surface area contributed by atoms with Crippen molar-refractivity contribution >= 4 is 22.4 Å². The zero-order valence-corrected chi connectivity index (χ0v) is 9.62. The number of likely N-dealkylation sites (N-methyl/N-ethyl adjacent to an activating group) is 1. The molecule has 2 aromatic carbocycles. The molecule has 0 spiro atoms. The number of halogens is 1. The molecular formula is C15H16ClN. The highest BCUT2D eigenvalue weighted by molar-refractivity contribution is 6.25. The van der Waals surface area contributed by atoms with Crippen LogP contribution < -0.4 is 0 Å². The Hall–Kier alpha value is -1.31. The summed E-state index contributed by atoms with van der Waals surface area (Å²) < 4.78 is 70.8. The van der Waals surface area contributed by atoms with Crippen LogP contribution in [0.1, 0.15) is 17.9 Å². The Labute approximate surface area is 120 Å². The first kappa shape index (κ1) is 5.13. The van der Waals surface area contributed by atoms with Crippen molar-refractivity contribution < 1.29 is 12.3 Å². The van der Waals surface area contributed by atoms with E-state index in [9.17, 15) is 0 Å². The van der Waals surface area contributed by atoms with E-state index in [0.29, 0.717) is 10.8 Å². The second-order valence-corrected chi connectivity index (χ2v) is 3.49. The lowest BCUT2D eigenvalue weighted by atomic mass is 10.0. The molecule has 0 radical (unpaired) electrons. The Morgan fingerprint density at radius 1 is 1.35 bits per heavy atom. The summed E-state index contributed by atoms with van der Waals surface area (Å²) >= 11 is 5.38. The van der Waals surface area contributed by atoms with Crippen LogP contribution in [0.4, 0.5) is 0 Å². The second-order valence-electron chi connectivity index (χ2n) is 3.31. The predicted octanol–water partition coefficient (Wildman–Crippen LogP) is 4.02. The molecule has 2 aromatic rings. The van der Waals surface area contributed by atoms with Crippen molar-refractivity contribution in [2.75, 3.05) is 13.5 Å². The van der Waals surface area contributed by atoms with Gasteiger partial charge in [0.15, 0.2) is 0 Å². The van der Waals surface area contributed by atoms with Crippen molar-refractivity contribution in [3.63, 3.8) is 0 Å². The van der Waals surface area contributed by atoms with Gasteiger partial charge in [-0.2, -0.15) is 0 Å². The lowest BCUT2D eigenvalue weighted by molar-refractivity contribution is 0.365. The first-order chi connectivity index (χ1) is 11.8. The van der Waals surface area contributed by atoms with Gasteiger partial charge in [0.25, 0.3) is 0 Å². The molecule has 0 amide bonds. The van der Waals surface area contributed by atoms with Crippen LogP contribution in [0, 0.1) is 0 Å². The summed E-state index contributed by atoms with van der Waals surface area (Å²) in [6.07, 6.45) is 0. The van der Waals surface area contributed by atoms with Gasteiger partial charge in [-0.25, -0.2) is 0 Å². The molecule has 0 aliphatic rings. The Balaban J connectivity index is 2.77. The molecule has 0 aliphatic heterocycles. The van der Waals surface area contributed by atoms with Crippen LogP contribution >= 0.6 is 11.6 Å². The van der Waals surface area contributed by atoms with Crippen LogP contribution in [-0.2, 0) is 6.50 Å². The molecule has 2 rings (SSSR count). The van der Waals surface area contributed by atoms with E-state index in [1.165, 1.54) is 12.1 Å². The van der Waals surface area contributed by atoms with E-state index in [2.05, 4.69) is 0 Å². The molecule has 88 valence electrons. The number of hydrogen-bond acceptors (Lipinski definition) is 1. The van der Waals surface area contributed by atoms with E-state index in [1.54, 1.807) is 30.3 Å². The fourth-order valence-electron chi connectivity index (χ4n) is 1.55.